The fourth-order valence-electron chi connectivity index (χ4n) is 3.23. The molecule has 3 rings (SSSR count). The van der Waals surface area contributed by atoms with Gasteiger partial charge < -0.3 is 14.6 Å². The standard InChI is InChI=1S/C24H28N2O2/c1-16(23(27)25-19-9-7-18(8-10-19)24(2,3)4)13-17-15-26(5)22-12-11-20(28-6)14-21(17)22/h7-15H,1-6H3,(H,25,27)/b16-13+. The Morgan fingerprint density at radius 2 is 1.79 bits per heavy atom. The van der Waals surface area contributed by atoms with Crippen molar-refractivity contribution in [2.75, 3.05) is 12.4 Å². The van der Waals surface area contributed by atoms with Crippen LogP contribution in [0.2, 0.25) is 0 Å². The summed E-state index contributed by atoms with van der Waals surface area (Å²) in [4.78, 5) is 12.7. The molecule has 0 spiro atoms. The van der Waals surface area contributed by atoms with Gasteiger partial charge in [0.15, 0.2) is 0 Å². The van der Waals surface area contributed by atoms with Crippen LogP contribution in [-0.4, -0.2) is 17.6 Å². The number of nitrogens with one attached hydrogen (secondary N) is 1. The quantitative estimate of drug-likeness (QED) is 0.609. The number of anilines is 1. The highest BCUT2D eigenvalue weighted by Gasteiger charge is 2.14. The predicted molar refractivity (Wildman–Crippen MR) is 117 cm³/mol. The zero-order chi connectivity index (χ0) is 20.5. The van der Waals surface area contributed by atoms with E-state index in [0.29, 0.717) is 5.57 Å². The lowest BCUT2D eigenvalue weighted by atomic mass is 9.87. The van der Waals surface area contributed by atoms with Gasteiger partial charge in [-0.1, -0.05) is 32.9 Å². The van der Waals surface area contributed by atoms with Crippen LogP contribution in [0.4, 0.5) is 5.69 Å². The Kier molecular flexibility index (Phi) is 5.32. The number of hydrogen-bond acceptors (Lipinski definition) is 2. The highest BCUT2D eigenvalue weighted by molar-refractivity contribution is 6.07. The first-order valence-electron chi connectivity index (χ1n) is 9.42. The second-order valence-corrected chi connectivity index (χ2v) is 8.19. The Morgan fingerprint density at radius 1 is 1.11 bits per heavy atom. The molecule has 0 atom stereocenters. The van der Waals surface area contributed by atoms with Gasteiger partial charge in [0.1, 0.15) is 5.75 Å². The van der Waals surface area contributed by atoms with Crippen LogP contribution in [0.5, 0.6) is 5.75 Å². The SMILES string of the molecule is COc1ccc2c(c1)c(/C=C(\C)C(=O)Nc1ccc(C(C)(C)C)cc1)cn2C. The molecular weight excluding hydrogens is 348 g/mol. The molecule has 28 heavy (non-hydrogen) atoms. The normalized spacial score (nSPS) is 12.3. The summed E-state index contributed by atoms with van der Waals surface area (Å²) in [7, 11) is 3.65. The van der Waals surface area contributed by atoms with Gasteiger partial charge >= 0.3 is 0 Å². The molecule has 0 aliphatic rings. The summed E-state index contributed by atoms with van der Waals surface area (Å²) in [5.41, 5.74) is 4.86. The van der Waals surface area contributed by atoms with E-state index in [9.17, 15) is 4.79 Å². The van der Waals surface area contributed by atoms with Crippen molar-refractivity contribution < 1.29 is 9.53 Å². The van der Waals surface area contributed by atoms with Crippen molar-refractivity contribution in [2.45, 2.75) is 33.1 Å². The number of carbonyl (C=O) groups is 1. The minimum Gasteiger partial charge on any atom is -0.497 e. The number of fused-ring (bicyclic) bond motifs is 1. The number of ether oxygens (including phenoxy) is 1. The van der Waals surface area contributed by atoms with Crippen LogP contribution in [0.3, 0.4) is 0 Å². The zero-order valence-corrected chi connectivity index (χ0v) is 17.5. The third-order valence-electron chi connectivity index (χ3n) is 4.97. The maximum absolute atomic E-state index is 12.7. The average molecular weight is 377 g/mol. The number of benzene rings is 2. The van der Waals surface area contributed by atoms with Crippen molar-refractivity contribution in [2.24, 2.45) is 7.05 Å². The summed E-state index contributed by atoms with van der Waals surface area (Å²) in [6, 6.07) is 14.0. The number of rotatable bonds is 4. The van der Waals surface area contributed by atoms with Gasteiger partial charge in [-0.3, -0.25) is 4.79 Å². The minimum absolute atomic E-state index is 0.0911. The Hall–Kier alpha value is -3.01. The second kappa shape index (κ2) is 7.55. The van der Waals surface area contributed by atoms with Crippen LogP contribution < -0.4 is 10.1 Å². The van der Waals surface area contributed by atoms with Gasteiger partial charge in [0.05, 0.1) is 7.11 Å². The molecule has 0 saturated heterocycles. The average Bonchev–Trinajstić information content (AvgIpc) is 2.96. The molecule has 1 amide bonds. The Morgan fingerprint density at radius 3 is 2.39 bits per heavy atom. The molecule has 0 bridgehead atoms. The summed E-state index contributed by atoms with van der Waals surface area (Å²) in [5.74, 6) is 0.692. The number of carbonyl (C=O) groups excluding carboxylic acids is 1. The van der Waals surface area contributed by atoms with E-state index in [0.717, 1.165) is 27.9 Å². The molecule has 0 fully saturated rings. The molecule has 0 unspecified atom stereocenters. The predicted octanol–water partition coefficient (Wildman–Crippen LogP) is 5.53. The molecule has 0 radical (unpaired) electrons. The van der Waals surface area contributed by atoms with Crippen molar-refractivity contribution >= 4 is 28.6 Å². The van der Waals surface area contributed by atoms with Gasteiger partial charge in [0.25, 0.3) is 5.91 Å². The minimum atomic E-state index is -0.108. The van der Waals surface area contributed by atoms with E-state index in [2.05, 4.69) is 42.8 Å². The molecule has 2 aromatic carbocycles. The number of aryl methyl sites for hydroxylation is 1. The van der Waals surface area contributed by atoms with Crippen molar-refractivity contribution in [1.29, 1.82) is 0 Å². The summed E-state index contributed by atoms with van der Waals surface area (Å²) in [6.07, 6.45) is 3.94. The molecule has 0 saturated carbocycles. The van der Waals surface area contributed by atoms with E-state index in [4.69, 9.17) is 4.74 Å². The van der Waals surface area contributed by atoms with Gasteiger partial charge in [-0.25, -0.2) is 0 Å². The first-order valence-corrected chi connectivity index (χ1v) is 9.42. The second-order valence-electron chi connectivity index (χ2n) is 8.19. The third-order valence-corrected chi connectivity index (χ3v) is 4.97. The van der Waals surface area contributed by atoms with E-state index >= 15 is 0 Å². The summed E-state index contributed by atoms with van der Waals surface area (Å²) < 4.78 is 7.39. The van der Waals surface area contributed by atoms with Crippen molar-refractivity contribution in [3.05, 3.63) is 65.4 Å². The first-order chi connectivity index (χ1) is 13.2. The molecule has 1 N–H and O–H groups in total. The molecule has 0 aliphatic carbocycles. The topological polar surface area (TPSA) is 43.3 Å². The fourth-order valence-corrected chi connectivity index (χ4v) is 3.23. The summed E-state index contributed by atoms with van der Waals surface area (Å²) in [6.45, 7) is 8.35. The third kappa shape index (κ3) is 4.11. The largest absolute Gasteiger partial charge is 0.497 e. The van der Waals surface area contributed by atoms with E-state index in [1.54, 1.807) is 7.11 Å². The van der Waals surface area contributed by atoms with E-state index in [-0.39, 0.29) is 11.3 Å². The van der Waals surface area contributed by atoms with Gasteiger partial charge in [-0.15, -0.1) is 0 Å². The Bertz CT molecular complexity index is 1030. The maximum Gasteiger partial charge on any atom is 0.251 e. The zero-order valence-electron chi connectivity index (χ0n) is 17.5. The smallest absolute Gasteiger partial charge is 0.251 e. The molecule has 0 aliphatic heterocycles. The van der Waals surface area contributed by atoms with Crippen LogP contribution in [0, 0.1) is 0 Å². The molecule has 1 aromatic heterocycles. The first kappa shape index (κ1) is 19.7. The molecule has 4 nitrogen and oxygen atoms in total. The van der Waals surface area contributed by atoms with Crippen LogP contribution in [0.15, 0.2) is 54.2 Å². The van der Waals surface area contributed by atoms with Crippen molar-refractivity contribution in [3.8, 4) is 5.75 Å². The van der Waals surface area contributed by atoms with E-state index < -0.39 is 0 Å². The fraction of sp³-hybridized carbons (Fsp3) is 0.292. The van der Waals surface area contributed by atoms with Gasteiger partial charge in [-0.05, 0) is 54.3 Å². The lowest BCUT2D eigenvalue weighted by Crippen LogP contribution is -2.14. The monoisotopic (exact) mass is 376 g/mol. The van der Waals surface area contributed by atoms with E-state index in [1.807, 2.05) is 56.6 Å². The number of hydrogen-bond donors (Lipinski definition) is 1. The molecular formula is C24H28N2O2. The van der Waals surface area contributed by atoms with Crippen LogP contribution >= 0.6 is 0 Å². The number of amides is 1. The molecule has 4 heteroatoms. The van der Waals surface area contributed by atoms with Crippen LogP contribution in [0.25, 0.3) is 17.0 Å². The lowest BCUT2D eigenvalue weighted by molar-refractivity contribution is -0.112. The van der Waals surface area contributed by atoms with Crippen LogP contribution in [-0.2, 0) is 17.3 Å². The highest BCUT2D eigenvalue weighted by Crippen LogP contribution is 2.27. The molecule has 3 aromatic rings. The van der Waals surface area contributed by atoms with Crippen molar-refractivity contribution in [1.82, 2.24) is 4.57 Å². The lowest BCUT2D eigenvalue weighted by Gasteiger charge is -2.19. The summed E-state index contributed by atoms with van der Waals surface area (Å²) in [5, 5.41) is 4.04. The van der Waals surface area contributed by atoms with Gasteiger partial charge in [0.2, 0.25) is 0 Å². The molecule has 146 valence electrons. The van der Waals surface area contributed by atoms with Gasteiger partial charge in [-0.2, -0.15) is 0 Å². The number of methoxy groups -OCH3 is 1. The molecule has 1 heterocycles. The maximum atomic E-state index is 12.7. The Labute approximate surface area is 166 Å². The Balaban J connectivity index is 1.83. The number of nitrogens with zero attached hydrogens (tertiary/aromatic N) is 1. The van der Waals surface area contributed by atoms with Crippen LogP contribution in [0.1, 0.15) is 38.8 Å². The van der Waals surface area contributed by atoms with Gasteiger partial charge in [0, 0.05) is 41.0 Å². The summed E-state index contributed by atoms with van der Waals surface area (Å²) >= 11 is 0. The highest BCUT2D eigenvalue weighted by atomic mass is 16.5. The van der Waals surface area contributed by atoms with Crippen molar-refractivity contribution in [3.63, 3.8) is 0 Å². The van der Waals surface area contributed by atoms with E-state index in [1.165, 1.54) is 5.56 Å². The number of aromatic nitrogens is 1.